The molecule has 0 spiro atoms. The van der Waals surface area contributed by atoms with Crippen molar-refractivity contribution in [1.82, 2.24) is 15.5 Å². The standard InChI is InChI=1S/C23H19ClF2N4O3/c1-10-28-20(30-33-10)19-14(8-13(24)9-16(19)26)12-6-11-2-3-17(18(11)15(25)7-12)29-22(32)23(4-5-23)21(27)31/h6-9,17H,2-5H2,1H3,(H2,27,31)(H,29,32). The van der Waals surface area contributed by atoms with Crippen LogP contribution in [0.1, 0.15) is 42.3 Å². The quantitative estimate of drug-likeness (QED) is 0.545. The van der Waals surface area contributed by atoms with E-state index in [-0.39, 0.29) is 22.3 Å². The Labute approximate surface area is 192 Å². The molecule has 1 heterocycles. The summed E-state index contributed by atoms with van der Waals surface area (Å²) >= 11 is 6.09. The molecule has 0 aliphatic heterocycles. The van der Waals surface area contributed by atoms with Crippen LogP contribution in [-0.2, 0) is 16.0 Å². The summed E-state index contributed by atoms with van der Waals surface area (Å²) in [6.45, 7) is 1.58. The van der Waals surface area contributed by atoms with Crippen molar-refractivity contribution in [3.63, 3.8) is 0 Å². The molecule has 5 rings (SSSR count). The molecule has 2 aromatic carbocycles. The predicted molar refractivity (Wildman–Crippen MR) is 115 cm³/mol. The lowest BCUT2D eigenvalue weighted by Crippen LogP contribution is -2.41. The van der Waals surface area contributed by atoms with Gasteiger partial charge in [0.15, 0.2) is 0 Å². The van der Waals surface area contributed by atoms with Crippen molar-refractivity contribution in [2.45, 2.75) is 38.6 Å². The van der Waals surface area contributed by atoms with Gasteiger partial charge in [-0.3, -0.25) is 9.59 Å². The van der Waals surface area contributed by atoms with Gasteiger partial charge in [0, 0.05) is 17.5 Å². The van der Waals surface area contributed by atoms with Crippen molar-refractivity contribution < 1.29 is 22.9 Å². The van der Waals surface area contributed by atoms with Gasteiger partial charge in [-0.2, -0.15) is 4.98 Å². The number of carbonyl (C=O) groups excluding carboxylic acids is 2. The van der Waals surface area contributed by atoms with E-state index in [0.29, 0.717) is 47.9 Å². The Balaban J connectivity index is 1.53. The summed E-state index contributed by atoms with van der Waals surface area (Å²) in [5.41, 5.74) is 5.98. The van der Waals surface area contributed by atoms with Crippen LogP contribution in [0.4, 0.5) is 8.78 Å². The highest BCUT2D eigenvalue weighted by Crippen LogP contribution is 2.47. The highest BCUT2D eigenvalue weighted by molar-refractivity contribution is 6.31. The first kappa shape index (κ1) is 21.5. The monoisotopic (exact) mass is 472 g/mol. The Morgan fingerprint density at radius 3 is 2.61 bits per heavy atom. The molecule has 7 nitrogen and oxygen atoms in total. The zero-order valence-corrected chi connectivity index (χ0v) is 18.3. The summed E-state index contributed by atoms with van der Waals surface area (Å²) in [5, 5.41) is 6.72. The van der Waals surface area contributed by atoms with Gasteiger partial charge in [-0.15, -0.1) is 0 Å². The number of primary amides is 1. The van der Waals surface area contributed by atoms with Gasteiger partial charge in [0.2, 0.25) is 23.5 Å². The number of nitrogens with two attached hydrogens (primary N) is 1. The Bertz CT molecular complexity index is 1320. The third kappa shape index (κ3) is 3.56. The van der Waals surface area contributed by atoms with Crippen molar-refractivity contribution in [2.75, 3.05) is 0 Å². The van der Waals surface area contributed by atoms with E-state index in [2.05, 4.69) is 15.5 Å². The lowest BCUT2D eigenvalue weighted by Gasteiger charge is -2.19. The number of benzene rings is 2. The fraction of sp³-hybridized carbons (Fsp3) is 0.304. The second-order valence-corrected chi connectivity index (χ2v) is 8.93. The van der Waals surface area contributed by atoms with E-state index in [9.17, 15) is 14.0 Å². The van der Waals surface area contributed by atoms with Gasteiger partial charge in [-0.25, -0.2) is 8.78 Å². The van der Waals surface area contributed by atoms with Crippen LogP contribution in [0.15, 0.2) is 28.8 Å². The molecule has 170 valence electrons. The van der Waals surface area contributed by atoms with Crippen LogP contribution >= 0.6 is 11.6 Å². The molecule has 1 atom stereocenters. The minimum absolute atomic E-state index is 0.0314. The zero-order chi connectivity index (χ0) is 23.5. The van der Waals surface area contributed by atoms with E-state index in [1.165, 1.54) is 12.1 Å². The predicted octanol–water partition coefficient (Wildman–Crippen LogP) is 4.01. The first-order valence-corrected chi connectivity index (χ1v) is 10.8. The highest BCUT2D eigenvalue weighted by atomic mass is 35.5. The minimum atomic E-state index is -1.19. The second kappa shape index (κ2) is 7.62. The average molecular weight is 473 g/mol. The number of carbonyl (C=O) groups is 2. The molecule has 0 bridgehead atoms. The van der Waals surface area contributed by atoms with Crippen LogP contribution in [0.3, 0.4) is 0 Å². The van der Waals surface area contributed by atoms with E-state index in [4.69, 9.17) is 21.9 Å². The smallest absolute Gasteiger partial charge is 0.236 e. The van der Waals surface area contributed by atoms with Crippen LogP contribution in [0.25, 0.3) is 22.5 Å². The van der Waals surface area contributed by atoms with Gasteiger partial charge in [0.25, 0.3) is 0 Å². The van der Waals surface area contributed by atoms with Crippen molar-refractivity contribution in [1.29, 1.82) is 0 Å². The number of aromatic nitrogens is 2. The van der Waals surface area contributed by atoms with Crippen molar-refractivity contribution >= 4 is 23.4 Å². The molecule has 33 heavy (non-hydrogen) atoms. The summed E-state index contributed by atoms with van der Waals surface area (Å²) < 4.78 is 35.2. The Kier molecular flexibility index (Phi) is 4.97. The zero-order valence-electron chi connectivity index (χ0n) is 17.5. The molecule has 2 amide bonds. The number of hydrogen-bond donors (Lipinski definition) is 2. The molecule has 2 aliphatic carbocycles. The molecule has 3 aromatic rings. The number of halogens is 3. The second-order valence-electron chi connectivity index (χ2n) is 8.49. The molecule has 1 saturated carbocycles. The average Bonchev–Trinajstić information content (AvgIpc) is 3.32. The molecule has 0 radical (unpaired) electrons. The fourth-order valence-corrected chi connectivity index (χ4v) is 4.66. The molecule has 2 aliphatic rings. The number of nitrogens with zero attached hydrogens (tertiary/aromatic N) is 2. The summed E-state index contributed by atoms with van der Waals surface area (Å²) in [6.07, 6.45) is 1.76. The largest absolute Gasteiger partial charge is 0.369 e. The van der Waals surface area contributed by atoms with Gasteiger partial charge < -0.3 is 15.6 Å². The first-order chi connectivity index (χ1) is 15.7. The summed E-state index contributed by atoms with van der Waals surface area (Å²) in [4.78, 5) is 28.3. The number of rotatable bonds is 5. The number of fused-ring (bicyclic) bond motifs is 1. The maximum Gasteiger partial charge on any atom is 0.236 e. The Hall–Kier alpha value is -3.33. The maximum atomic E-state index is 15.3. The Morgan fingerprint density at radius 1 is 1.21 bits per heavy atom. The van der Waals surface area contributed by atoms with Gasteiger partial charge >= 0.3 is 0 Å². The summed E-state index contributed by atoms with van der Waals surface area (Å²) in [7, 11) is 0. The summed E-state index contributed by atoms with van der Waals surface area (Å²) in [5.74, 6) is -2.06. The van der Waals surface area contributed by atoms with E-state index in [1.807, 2.05) is 0 Å². The third-order valence-electron chi connectivity index (χ3n) is 6.34. The SMILES string of the molecule is Cc1nc(-c2c(F)cc(Cl)cc2-c2cc(F)c3c(c2)CCC3NC(=O)C2(C(N)=O)CC2)no1. The van der Waals surface area contributed by atoms with Gasteiger partial charge in [0.1, 0.15) is 17.0 Å². The molecule has 0 saturated heterocycles. The van der Waals surface area contributed by atoms with Crippen LogP contribution in [0.5, 0.6) is 0 Å². The van der Waals surface area contributed by atoms with Crippen molar-refractivity contribution in [3.8, 4) is 22.5 Å². The van der Waals surface area contributed by atoms with E-state index < -0.39 is 34.9 Å². The Morgan fingerprint density at radius 2 is 1.97 bits per heavy atom. The topological polar surface area (TPSA) is 111 Å². The maximum absolute atomic E-state index is 15.3. The fourth-order valence-electron chi connectivity index (χ4n) is 4.45. The highest BCUT2D eigenvalue weighted by Gasteiger charge is 2.56. The molecular formula is C23H19ClF2N4O3. The lowest BCUT2D eigenvalue weighted by atomic mass is 9.94. The first-order valence-electron chi connectivity index (χ1n) is 10.4. The minimum Gasteiger partial charge on any atom is -0.369 e. The van der Waals surface area contributed by atoms with Crippen LogP contribution in [0.2, 0.25) is 5.02 Å². The summed E-state index contributed by atoms with van der Waals surface area (Å²) in [6, 6.07) is 5.09. The molecule has 1 aromatic heterocycles. The van der Waals surface area contributed by atoms with Crippen LogP contribution in [-0.4, -0.2) is 22.0 Å². The molecule has 1 fully saturated rings. The number of amides is 2. The number of hydrogen-bond acceptors (Lipinski definition) is 5. The van der Waals surface area contributed by atoms with Crippen LogP contribution in [0, 0.1) is 24.0 Å². The van der Waals surface area contributed by atoms with Crippen molar-refractivity contribution in [3.05, 3.63) is 57.9 Å². The molecule has 10 heteroatoms. The molecule has 1 unspecified atom stereocenters. The van der Waals surface area contributed by atoms with Gasteiger partial charge in [-0.05, 0) is 60.6 Å². The number of aryl methyl sites for hydroxylation is 2. The van der Waals surface area contributed by atoms with Gasteiger partial charge in [0.05, 0.1) is 11.6 Å². The third-order valence-corrected chi connectivity index (χ3v) is 6.56. The lowest BCUT2D eigenvalue weighted by molar-refractivity contribution is -0.135. The van der Waals surface area contributed by atoms with E-state index in [1.54, 1.807) is 13.0 Å². The van der Waals surface area contributed by atoms with E-state index >= 15 is 4.39 Å². The molecular weight excluding hydrogens is 454 g/mol. The molecule has 3 N–H and O–H groups in total. The van der Waals surface area contributed by atoms with Gasteiger partial charge in [-0.1, -0.05) is 22.8 Å². The van der Waals surface area contributed by atoms with Crippen LogP contribution < -0.4 is 11.1 Å². The normalized spacial score (nSPS) is 18.1. The number of nitrogens with one attached hydrogen (secondary N) is 1. The van der Waals surface area contributed by atoms with Crippen molar-refractivity contribution in [2.24, 2.45) is 11.1 Å². The van der Waals surface area contributed by atoms with E-state index in [0.717, 1.165) is 6.07 Å².